The third-order valence-corrected chi connectivity index (χ3v) is 13.1. The highest BCUT2D eigenvalue weighted by molar-refractivity contribution is 7.45. The number of phosphoric ester groups is 1. The van der Waals surface area contributed by atoms with Crippen molar-refractivity contribution in [1.82, 2.24) is 0 Å². The Bertz CT molecular complexity index is 1470. The van der Waals surface area contributed by atoms with Crippen molar-refractivity contribution >= 4 is 19.8 Å². The molecule has 0 radical (unpaired) electrons. The largest absolute Gasteiger partial charge is 0.756 e. The van der Waals surface area contributed by atoms with Crippen LogP contribution >= 0.6 is 7.82 Å². The summed E-state index contributed by atoms with van der Waals surface area (Å²) in [5, 5.41) is 0. The van der Waals surface area contributed by atoms with E-state index < -0.39 is 26.5 Å². The Morgan fingerprint density at radius 3 is 1.20 bits per heavy atom. The average molecular weight is 1010 g/mol. The molecule has 0 spiro atoms. The average Bonchev–Trinajstić information content (AvgIpc) is 3.33. The summed E-state index contributed by atoms with van der Waals surface area (Å²) in [6.45, 7) is 4.12. The summed E-state index contributed by atoms with van der Waals surface area (Å²) in [6, 6.07) is 0. The normalized spacial score (nSPS) is 13.9. The van der Waals surface area contributed by atoms with Gasteiger partial charge in [0.2, 0.25) is 0 Å². The molecule has 0 aromatic carbocycles. The van der Waals surface area contributed by atoms with E-state index in [4.69, 9.17) is 18.5 Å². The molecule has 0 saturated heterocycles. The number of unbranched alkanes of at least 4 members (excludes halogenated alkanes) is 24. The van der Waals surface area contributed by atoms with Gasteiger partial charge in [-0.15, -0.1) is 0 Å². The van der Waals surface area contributed by atoms with Gasteiger partial charge in [0, 0.05) is 12.8 Å². The molecule has 9 nitrogen and oxygen atoms in total. The Morgan fingerprint density at radius 2 is 0.803 bits per heavy atom. The molecule has 0 amide bonds. The predicted molar refractivity (Wildman–Crippen MR) is 300 cm³/mol. The number of carbonyl (C=O) groups is 2. The molecule has 0 aliphatic rings. The van der Waals surface area contributed by atoms with Gasteiger partial charge in [-0.2, -0.15) is 0 Å². The lowest BCUT2D eigenvalue weighted by atomic mass is 10.0. The molecule has 410 valence electrons. The lowest BCUT2D eigenvalue weighted by Gasteiger charge is -2.28. The summed E-state index contributed by atoms with van der Waals surface area (Å²) in [5.74, 6) is -0.832. The fourth-order valence-electron chi connectivity index (χ4n) is 7.75. The Morgan fingerprint density at radius 1 is 0.451 bits per heavy atom. The maximum Gasteiger partial charge on any atom is 0.306 e. The van der Waals surface area contributed by atoms with E-state index in [1.54, 1.807) is 0 Å². The third-order valence-electron chi connectivity index (χ3n) is 12.2. The first-order valence-corrected chi connectivity index (χ1v) is 30.3. The Hall–Kier alpha value is -2.81. The predicted octanol–water partition coefficient (Wildman–Crippen LogP) is 17.2. The standard InChI is InChI=1S/C61H108NO8P/c1-6-8-10-12-14-16-18-20-21-22-23-24-25-26-27-28-29-30-31-32-33-34-35-36-37-38-39-40-41-42-44-46-48-50-52-54-61(64)70-59(58-69-71(65,66)68-56-55-62(3,4)5)57-67-60(63)53-51-49-47-45-43-19-17-15-13-11-9-7-2/h8,10,14,16,20-21,23-24,26-27,29-30,32-33,59H,6-7,9,11-13,15,17-19,22,25,28,31,34-58H2,1-5H3/b10-8-,16-14-,21-20-,24-23-,27-26-,30-29-,33-32-. The van der Waals surface area contributed by atoms with Crippen molar-refractivity contribution in [3.63, 3.8) is 0 Å². The maximum absolute atomic E-state index is 12.8. The Labute approximate surface area is 437 Å². The van der Waals surface area contributed by atoms with Gasteiger partial charge in [-0.1, -0.05) is 240 Å². The number of hydrogen-bond donors (Lipinski definition) is 0. The number of phosphoric acid groups is 1. The van der Waals surface area contributed by atoms with E-state index in [1.807, 2.05) is 21.1 Å². The second-order valence-corrected chi connectivity index (χ2v) is 21.7. The van der Waals surface area contributed by atoms with Crippen molar-refractivity contribution < 1.29 is 42.1 Å². The number of hydrogen-bond acceptors (Lipinski definition) is 8. The third kappa shape index (κ3) is 56.3. The van der Waals surface area contributed by atoms with Crippen molar-refractivity contribution in [3.05, 3.63) is 85.1 Å². The lowest BCUT2D eigenvalue weighted by Crippen LogP contribution is -2.37. The summed E-state index contributed by atoms with van der Waals surface area (Å²) in [5.41, 5.74) is 0. The minimum absolute atomic E-state index is 0.0322. The van der Waals surface area contributed by atoms with Crippen LogP contribution in [-0.2, 0) is 32.7 Å². The number of esters is 2. The van der Waals surface area contributed by atoms with Gasteiger partial charge in [-0.25, -0.2) is 0 Å². The molecule has 2 unspecified atom stereocenters. The molecule has 0 aromatic rings. The number of nitrogens with zero attached hydrogens (tertiary/aromatic N) is 1. The van der Waals surface area contributed by atoms with Gasteiger partial charge < -0.3 is 27.9 Å². The first-order valence-electron chi connectivity index (χ1n) is 28.8. The Balaban J connectivity index is 4.05. The highest BCUT2D eigenvalue weighted by Gasteiger charge is 2.21. The van der Waals surface area contributed by atoms with Crippen LogP contribution in [0, 0.1) is 0 Å². The van der Waals surface area contributed by atoms with Gasteiger partial charge in [0.05, 0.1) is 27.7 Å². The summed E-state index contributed by atoms with van der Waals surface area (Å²) < 4.78 is 34.1. The van der Waals surface area contributed by atoms with E-state index in [2.05, 4.69) is 98.9 Å². The van der Waals surface area contributed by atoms with Gasteiger partial charge >= 0.3 is 11.9 Å². The molecule has 71 heavy (non-hydrogen) atoms. The minimum atomic E-state index is -4.63. The first-order chi connectivity index (χ1) is 34.5. The molecular weight excluding hydrogens is 906 g/mol. The molecule has 0 bridgehead atoms. The number of ether oxygens (including phenoxy) is 2. The topological polar surface area (TPSA) is 111 Å². The van der Waals surface area contributed by atoms with E-state index in [0.29, 0.717) is 17.4 Å². The van der Waals surface area contributed by atoms with E-state index in [-0.39, 0.29) is 32.0 Å². The van der Waals surface area contributed by atoms with Crippen LogP contribution in [0.4, 0.5) is 0 Å². The van der Waals surface area contributed by atoms with E-state index in [9.17, 15) is 19.0 Å². The molecule has 0 aliphatic carbocycles. The van der Waals surface area contributed by atoms with Crippen LogP contribution < -0.4 is 4.89 Å². The van der Waals surface area contributed by atoms with E-state index >= 15 is 0 Å². The number of carbonyl (C=O) groups excluding carboxylic acids is 2. The van der Waals surface area contributed by atoms with E-state index in [0.717, 1.165) is 83.5 Å². The molecule has 0 rings (SSSR count). The summed E-state index contributed by atoms with van der Waals surface area (Å²) >= 11 is 0. The van der Waals surface area contributed by atoms with Crippen LogP contribution in [-0.4, -0.2) is 70.0 Å². The van der Waals surface area contributed by atoms with Gasteiger partial charge in [0.15, 0.2) is 6.10 Å². The zero-order valence-corrected chi connectivity index (χ0v) is 47.3. The molecule has 10 heteroatoms. The van der Waals surface area contributed by atoms with E-state index in [1.165, 1.54) is 122 Å². The minimum Gasteiger partial charge on any atom is -0.756 e. The highest BCUT2D eigenvalue weighted by atomic mass is 31.2. The zero-order chi connectivity index (χ0) is 52.0. The van der Waals surface area contributed by atoms with Crippen LogP contribution in [0.5, 0.6) is 0 Å². The maximum atomic E-state index is 12.8. The molecule has 0 heterocycles. The number of allylic oxidation sites excluding steroid dienone is 14. The summed E-state index contributed by atoms with van der Waals surface area (Å²) in [4.78, 5) is 37.7. The van der Waals surface area contributed by atoms with Crippen LogP contribution in [0.25, 0.3) is 0 Å². The van der Waals surface area contributed by atoms with Gasteiger partial charge in [0.1, 0.15) is 19.8 Å². The van der Waals surface area contributed by atoms with Crippen molar-refractivity contribution in [3.8, 4) is 0 Å². The zero-order valence-electron chi connectivity index (χ0n) is 46.4. The van der Waals surface area contributed by atoms with Crippen molar-refractivity contribution in [2.45, 2.75) is 245 Å². The molecule has 2 atom stereocenters. The van der Waals surface area contributed by atoms with Crippen molar-refractivity contribution in [2.24, 2.45) is 0 Å². The molecule has 0 fully saturated rings. The van der Waals surface area contributed by atoms with Crippen molar-refractivity contribution in [1.29, 1.82) is 0 Å². The van der Waals surface area contributed by atoms with Gasteiger partial charge in [0.25, 0.3) is 7.82 Å². The molecule has 0 saturated carbocycles. The Kier molecular flexibility index (Phi) is 50.0. The number of rotatable bonds is 52. The second-order valence-electron chi connectivity index (χ2n) is 20.3. The second kappa shape index (κ2) is 52.1. The fraction of sp³-hybridized carbons (Fsp3) is 0.738. The van der Waals surface area contributed by atoms with Crippen LogP contribution in [0.3, 0.4) is 0 Å². The number of quaternary nitrogens is 1. The molecule has 0 aromatic heterocycles. The van der Waals surface area contributed by atoms with Crippen LogP contribution in [0.2, 0.25) is 0 Å². The SMILES string of the molecule is CC/C=C\C/C=C\C/C=C\C/C=C\C/C=C\C/C=C\C/C=C\CCCCCCCCCCCCCCCC(=O)OC(COC(=O)CCCCCCCCCCCCCC)COP(=O)([O-])OCC[N+](C)(C)C. The monoisotopic (exact) mass is 1010 g/mol. The van der Waals surface area contributed by atoms with Crippen LogP contribution in [0.15, 0.2) is 85.1 Å². The summed E-state index contributed by atoms with van der Waals surface area (Å²) in [6.07, 6.45) is 69.2. The van der Waals surface area contributed by atoms with Gasteiger partial charge in [-0.05, 0) is 70.6 Å². The smallest absolute Gasteiger partial charge is 0.306 e. The van der Waals surface area contributed by atoms with Gasteiger partial charge in [-0.3, -0.25) is 14.2 Å². The molecule has 0 aliphatic heterocycles. The quantitative estimate of drug-likeness (QED) is 0.0195. The number of likely N-dealkylation sites (N-methyl/N-ethyl adjacent to an activating group) is 1. The van der Waals surface area contributed by atoms with Crippen LogP contribution in [0.1, 0.15) is 239 Å². The highest BCUT2D eigenvalue weighted by Crippen LogP contribution is 2.38. The lowest BCUT2D eigenvalue weighted by molar-refractivity contribution is -0.870. The fourth-order valence-corrected chi connectivity index (χ4v) is 8.48. The summed E-state index contributed by atoms with van der Waals surface area (Å²) in [7, 11) is 1.16. The van der Waals surface area contributed by atoms with Crippen molar-refractivity contribution in [2.75, 3.05) is 47.5 Å². The molecule has 0 N–H and O–H groups in total. The molecular formula is C61H108NO8P. The first kappa shape index (κ1) is 68.2.